The van der Waals surface area contributed by atoms with Gasteiger partial charge in [0.05, 0.1) is 21.3 Å². The molecule has 0 aliphatic heterocycles. The maximum Gasteiger partial charge on any atom is 0.248 e. The van der Waals surface area contributed by atoms with Crippen molar-refractivity contribution < 1.29 is 14.4 Å². The summed E-state index contributed by atoms with van der Waals surface area (Å²) in [5, 5.41) is 9.38. The van der Waals surface area contributed by atoms with E-state index in [-0.39, 0.29) is 30.7 Å². The minimum Gasteiger partial charge on any atom is -0.350 e. The third-order valence-corrected chi connectivity index (χ3v) is 7.60. The number of fused-ring (bicyclic) bond motifs is 1. The fourth-order valence-electron chi connectivity index (χ4n) is 3.99. The molecule has 0 radical (unpaired) electrons. The Balaban J connectivity index is 2.13. The number of hydrogen-bond donors (Lipinski definition) is 3. The molecule has 0 aliphatic rings. The fourth-order valence-corrected chi connectivity index (χ4v) is 5.05. The van der Waals surface area contributed by atoms with Crippen LogP contribution in [0.4, 0.5) is 0 Å². The Morgan fingerprint density at radius 1 is 1.05 bits per heavy atom. The summed E-state index contributed by atoms with van der Waals surface area (Å²) in [6, 6.07) is 4.90. The molecule has 3 N–H and O–H groups in total. The highest BCUT2D eigenvalue weighted by atomic mass is 32.1. The van der Waals surface area contributed by atoms with Gasteiger partial charge in [0.25, 0.3) is 0 Å². The number of carbonyl (C=O) groups excluding carboxylic acids is 3. The lowest BCUT2D eigenvalue weighted by Gasteiger charge is -2.25. The number of amides is 3. The van der Waals surface area contributed by atoms with Gasteiger partial charge < -0.3 is 16.0 Å². The summed E-state index contributed by atoms with van der Waals surface area (Å²) in [7, 11) is 0. The SMILES string of the molecule is C=C(CN(CC)CC)C(=O)NC[C@@H](NC(=O)[C@H](Cc1nc2ccc(C(C)C)cc2s1)NC(C)=O)C(=C)CC. The summed E-state index contributed by atoms with van der Waals surface area (Å²) >= 11 is 1.53. The lowest BCUT2D eigenvalue weighted by atomic mass is 10.0. The standard InChI is InChI=1S/C29H43N5O3S/c1-9-19(6)25(16-30-28(36)20(7)17-34(10-2)11-3)33-29(37)24(31-21(8)35)15-27-32-23-13-12-22(18(4)5)14-26(23)38-27/h12-14,18,24-25H,6-7,9-11,15-17H2,1-5,8H3,(H,30,36)(H,31,35)(H,33,37)/t24-,25+/m0/s1. The predicted octanol–water partition coefficient (Wildman–Crippen LogP) is 3.93. The predicted molar refractivity (Wildman–Crippen MR) is 156 cm³/mol. The highest BCUT2D eigenvalue weighted by Gasteiger charge is 2.25. The van der Waals surface area contributed by atoms with E-state index < -0.39 is 12.1 Å². The van der Waals surface area contributed by atoms with Crippen molar-refractivity contribution >= 4 is 39.3 Å². The molecule has 0 aliphatic carbocycles. The van der Waals surface area contributed by atoms with Crippen molar-refractivity contribution in [2.24, 2.45) is 0 Å². The second-order valence-corrected chi connectivity index (χ2v) is 10.9. The topological polar surface area (TPSA) is 103 Å². The fraction of sp³-hybridized carbons (Fsp3) is 0.517. The van der Waals surface area contributed by atoms with E-state index in [9.17, 15) is 14.4 Å². The zero-order valence-electron chi connectivity index (χ0n) is 23.6. The van der Waals surface area contributed by atoms with E-state index in [4.69, 9.17) is 0 Å². The Hall–Kier alpha value is -3.04. The molecule has 0 fully saturated rings. The maximum absolute atomic E-state index is 13.3. The van der Waals surface area contributed by atoms with Crippen molar-refractivity contribution in [1.82, 2.24) is 25.8 Å². The number of hydrogen-bond acceptors (Lipinski definition) is 6. The van der Waals surface area contributed by atoms with E-state index in [0.717, 1.165) is 33.9 Å². The number of carbonyl (C=O) groups is 3. The van der Waals surface area contributed by atoms with Gasteiger partial charge in [0.15, 0.2) is 0 Å². The Morgan fingerprint density at radius 2 is 1.74 bits per heavy atom. The first-order valence-electron chi connectivity index (χ1n) is 13.3. The quantitative estimate of drug-likeness (QED) is 0.234. The van der Waals surface area contributed by atoms with Crippen molar-refractivity contribution in [3.8, 4) is 0 Å². The first kappa shape index (κ1) is 31.2. The van der Waals surface area contributed by atoms with Gasteiger partial charge in [0, 0.05) is 32.0 Å². The molecule has 0 saturated carbocycles. The van der Waals surface area contributed by atoms with Crippen LogP contribution in [0.3, 0.4) is 0 Å². The normalized spacial score (nSPS) is 12.8. The first-order chi connectivity index (χ1) is 18.0. The number of likely N-dealkylation sites (N-methyl/N-ethyl adjacent to an activating group) is 1. The average Bonchev–Trinajstić information content (AvgIpc) is 3.29. The van der Waals surface area contributed by atoms with E-state index in [1.165, 1.54) is 23.8 Å². The van der Waals surface area contributed by atoms with Gasteiger partial charge in [-0.05, 0) is 43.1 Å². The number of benzene rings is 1. The van der Waals surface area contributed by atoms with Crippen LogP contribution in [-0.2, 0) is 20.8 Å². The molecule has 208 valence electrons. The molecule has 1 aromatic carbocycles. The molecule has 0 unspecified atom stereocenters. The molecule has 0 bridgehead atoms. The minimum atomic E-state index is -0.807. The van der Waals surface area contributed by atoms with Gasteiger partial charge in [0.2, 0.25) is 17.7 Å². The molecule has 1 heterocycles. The molecule has 38 heavy (non-hydrogen) atoms. The molecule has 3 amide bonds. The molecule has 0 spiro atoms. The third kappa shape index (κ3) is 9.06. The van der Waals surface area contributed by atoms with Gasteiger partial charge >= 0.3 is 0 Å². The van der Waals surface area contributed by atoms with Crippen LogP contribution in [0.1, 0.15) is 64.5 Å². The number of rotatable bonds is 15. The maximum atomic E-state index is 13.3. The van der Waals surface area contributed by atoms with E-state index >= 15 is 0 Å². The van der Waals surface area contributed by atoms with E-state index in [1.807, 2.05) is 26.8 Å². The van der Waals surface area contributed by atoms with Crippen molar-refractivity contribution in [3.63, 3.8) is 0 Å². The molecule has 2 atom stereocenters. The van der Waals surface area contributed by atoms with Gasteiger partial charge in [-0.15, -0.1) is 11.3 Å². The summed E-state index contributed by atoms with van der Waals surface area (Å²) in [6.07, 6.45) is 0.891. The Bertz CT molecular complexity index is 1150. The Morgan fingerprint density at radius 3 is 2.32 bits per heavy atom. The largest absolute Gasteiger partial charge is 0.350 e. The van der Waals surface area contributed by atoms with Crippen LogP contribution in [0.25, 0.3) is 10.2 Å². The molecule has 2 aromatic rings. The molecular weight excluding hydrogens is 498 g/mol. The highest BCUT2D eigenvalue weighted by molar-refractivity contribution is 7.18. The smallest absolute Gasteiger partial charge is 0.248 e. The van der Waals surface area contributed by atoms with Crippen molar-refractivity contribution in [3.05, 3.63) is 53.1 Å². The van der Waals surface area contributed by atoms with Gasteiger partial charge in [0.1, 0.15) is 6.04 Å². The zero-order chi connectivity index (χ0) is 28.4. The minimum absolute atomic E-state index is 0.181. The zero-order valence-corrected chi connectivity index (χ0v) is 24.5. The average molecular weight is 542 g/mol. The summed E-state index contributed by atoms with van der Waals surface area (Å²) in [6.45, 7) is 22.0. The molecule has 2 rings (SSSR count). The molecule has 0 saturated heterocycles. The second kappa shape index (κ2) is 14.8. The van der Waals surface area contributed by atoms with Crippen LogP contribution < -0.4 is 16.0 Å². The van der Waals surface area contributed by atoms with Gasteiger partial charge in [-0.3, -0.25) is 19.3 Å². The van der Waals surface area contributed by atoms with Crippen LogP contribution in [-0.4, -0.2) is 65.9 Å². The van der Waals surface area contributed by atoms with Gasteiger partial charge in [-0.2, -0.15) is 0 Å². The van der Waals surface area contributed by atoms with Crippen molar-refractivity contribution in [1.29, 1.82) is 0 Å². The van der Waals surface area contributed by atoms with Crippen LogP contribution >= 0.6 is 11.3 Å². The third-order valence-electron chi connectivity index (χ3n) is 6.56. The van der Waals surface area contributed by atoms with Crippen molar-refractivity contribution in [2.45, 2.75) is 72.4 Å². The molecule has 1 aromatic heterocycles. The summed E-state index contributed by atoms with van der Waals surface area (Å²) in [5.41, 5.74) is 3.34. The van der Waals surface area contributed by atoms with E-state index in [2.05, 4.69) is 65.0 Å². The first-order valence-corrected chi connectivity index (χ1v) is 14.1. The lowest BCUT2D eigenvalue weighted by Crippen LogP contribution is -2.53. The van der Waals surface area contributed by atoms with E-state index in [0.29, 0.717) is 24.5 Å². The summed E-state index contributed by atoms with van der Waals surface area (Å²) < 4.78 is 1.05. The molecule has 9 heteroatoms. The summed E-state index contributed by atoms with van der Waals surface area (Å²) in [4.78, 5) is 44.7. The Labute approximate surface area is 231 Å². The van der Waals surface area contributed by atoms with Crippen LogP contribution in [0, 0.1) is 0 Å². The number of thiazole rings is 1. The van der Waals surface area contributed by atoms with Crippen molar-refractivity contribution in [2.75, 3.05) is 26.2 Å². The second-order valence-electron chi connectivity index (χ2n) is 9.79. The monoisotopic (exact) mass is 541 g/mol. The Kier molecular flexibility index (Phi) is 12.1. The summed E-state index contributed by atoms with van der Waals surface area (Å²) in [5.74, 6) is -0.506. The van der Waals surface area contributed by atoms with E-state index in [1.54, 1.807) is 0 Å². The number of nitrogens with zero attached hydrogens (tertiary/aromatic N) is 2. The van der Waals surface area contributed by atoms with Crippen LogP contribution in [0.15, 0.2) is 42.5 Å². The highest BCUT2D eigenvalue weighted by Crippen LogP contribution is 2.27. The molecule has 8 nitrogen and oxygen atoms in total. The van der Waals surface area contributed by atoms with Crippen LogP contribution in [0.2, 0.25) is 0 Å². The van der Waals surface area contributed by atoms with Gasteiger partial charge in [-0.1, -0.05) is 59.4 Å². The van der Waals surface area contributed by atoms with Gasteiger partial charge in [-0.25, -0.2) is 4.98 Å². The number of aromatic nitrogens is 1. The lowest BCUT2D eigenvalue weighted by molar-refractivity contribution is -0.128. The molecular formula is C29H43N5O3S. The van der Waals surface area contributed by atoms with Crippen LogP contribution in [0.5, 0.6) is 0 Å². The number of nitrogens with one attached hydrogen (secondary N) is 3.